The van der Waals surface area contributed by atoms with Crippen LogP contribution in [0.3, 0.4) is 0 Å². The van der Waals surface area contributed by atoms with Gasteiger partial charge in [-0.05, 0) is 172 Å². The van der Waals surface area contributed by atoms with Crippen molar-refractivity contribution in [2.75, 3.05) is 168 Å². The Bertz CT molecular complexity index is 6220. The third-order valence-corrected chi connectivity index (χ3v) is 31.6. The quantitative estimate of drug-likeness (QED) is 0.0511. The maximum absolute atomic E-state index is 12.3. The normalized spacial score (nSPS) is 21.0. The summed E-state index contributed by atoms with van der Waals surface area (Å²) < 4.78 is 17.9. The Balaban J connectivity index is 0.000000131. The highest BCUT2D eigenvalue weighted by molar-refractivity contribution is 8.14. The molecular formula is C120H154N13O3S+5. The highest BCUT2D eigenvalue weighted by atomic mass is 32.2. The van der Waals surface area contributed by atoms with Crippen LogP contribution in [-0.4, -0.2) is 211 Å². The Morgan fingerprint density at radius 2 is 0.847 bits per heavy atom. The van der Waals surface area contributed by atoms with Crippen LogP contribution in [0.2, 0.25) is 0 Å². The second-order valence-corrected chi connectivity index (χ2v) is 41.4. The molecule has 9 aromatic carbocycles. The van der Waals surface area contributed by atoms with Gasteiger partial charge in [0.15, 0.2) is 31.3 Å². The number of allylic oxidation sites excluding steroid dienone is 5. The van der Waals surface area contributed by atoms with Crippen molar-refractivity contribution in [3.63, 3.8) is 0 Å². The molecule has 137 heavy (non-hydrogen) atoms. The van der Waals surface area contributed by atoms with Crippen molar-refractivity contribution in [1.29, 1.82) is 0 Å². The van der Waals surface area contributed by atoms with Crippen LogP contribution in [0.25, 0.3) is 10.8 Å². The summed E-state index contributed by atoms with van der Waals surface area (Å²) in [5.41, 5.74) is 23.7. The molecule has 2 unspecified atom stereocenters. The summed E-state index contributed by atoms with van der Waals surface area (Å²) in [7, 11) is 4.37. The van der Waals surface area contributed by atoms with Crippen molar-refractivity contribution in [2.45, 2.75) is 196 Å². The molecule has 0 aliphatic carbocycles. The van der Waals surface area contributed by atoms with Crippen molar-refractivity contribution in [3.05, 3.63) is 322 Å². The third kappa shape index (κ3) is 20.0. The highest BCUT2D eigenvalue weighted by Crippen LogP contribution is 2.55. The van der Waals surface area contributed by atoms with E-state index in [9.17, 15) is 9.59 Å². The number of hydrogen-bond acceptors (Lipinski definition) is 12. The molecule has 0 saturated carbocycles. The van der Waals surface area contributed by atoms with Gasteiger partial charge in [0.2, 0.25) is 5.04 Å². The lowest BCUT2D eigenvalue weighted by Crippen LogP contribution is -2.34. The van der Waals surface area contributed by atoms with E-state index in [1.807, 2.05) is 31.7 Å². The van der Waals surface area contributed by atoms with Crippen molar-refractivity contribution in [1.82, 2.24) is 9.80 Å². The molecule has 19 rings (SSSR count). The number of ketones is 2. The van der Waals surface area contributed by atoms with Crippen LogP contribution < -0.4 is 29.4 Å². The lowest BCUT2D eigenvalue weighted by molar-refractivity contribution is -0.517. The van der Waals surface area contributed by atoms with Gasteiger partial charge in [0.05, 0.1) is 58.1 Å². The molecule has 9 aromatic rings. The summed E-state index contributed by atoms with van der Waals surface area (Å²) in [6.07, 6.45) is 16.3. The molecule has 0 saturated heterocycles. The van der Waals surface area contributed by atoms with Crippen LogP contribution >= 0.6 is 11.8 Å². The van der Waals surface area contributed by atoms with Gasteiger partial charge in [-0.2, -0.15) is 4.58 Å². The molecule has 10 heterocycles. The van der Waals surface area contributed by atoms with Crippen molar-refractivity contribution >= 4 is 96.7 Å². The zero-order chi connectivity index (χ0) is 97.3. The second kappa shape index (κ2) is 43.1. The predicted molar refractivity (Wildman–Crippen MR) is 578 cm³/mol. The van der Waals surface area contributed by atoms with E-state index in [0.29, 0.717) is 31.2 Å². The fraction of sp³-hybridized carbons (Fsp3) is 0.425. The summed E-state index contributed by atoms with van der Waals surface area (Å²) in [5, 5.41) is 4.61. The fourth-order valence-electron chi connectivity index (χ4n) is 22.5. The first-order chi connectivity index (χ1) is 66.1. The zero-order valence-electron chi connectivity index (χ0n) is 86.2. The lowest BCUT2D eigenvalue weighted by Gasteiger charge is -2.30. The van der Waals surface area contributed by atoms with Crippen molar-refractivity contribution in [2.24, 2.45) is 0 Å². The standard InChI is InChI=1S/C30H33N2S.C25H32N3.C24H32N3.C21H30N3O.C20H27N2O2/c1-4-31-22-27(24-16-10-7-11-17-24)33-29(31)20-28-30(3,21-23-14-8-6-9-15-23)25-18-12-13-19-26(25)32(28)5-2;1-5-16-28-22-15-11-10-14-21(22)25(3,4)23(28)19-24-26(6-2)17-18-27(24)20-12-8-7-9-13-20;1-6-14-27-20-13-12-18-10-8-9-11-19(18)23(20)24(3,4)21(27)17-22-25(5)15-16-26(22)7-2;1-6-16(25)15-24-18-11-9-8-10-17(18)21(3,4)19(24)14-20-22(5)12-13-23(20)7-2;1-5-15(23)14-22-17-10-8-7-9-16(17)20(3,4)18(22)13-19-21(6-2)11-12-24-19/h6-20,27H,4-5,21-22H2,1-3H3;7-15,19H,5-6,16-18H2,1-4H3;8-13,17H,6-7,14-16H2,1-5H3;8-11,14H,6-7,12-13,15H2,1-5H3;7-10,13H,5-6,11-12,14H2,1-4H3/q5*+1. The molecule has 16 nitrogen and oxygen atoms in total. The maximum Gasteiger partial charge on any atom is 0.364 e. The first kappa shape index (κ1) is 99.7. The molecule has 0 amide bonds. The average molecular weight is 1860 g/mol. The summed E-state index contributed by atoms with van der Waals surface area (Å²) in [4.78, 5) is 43.9. The predicted octanol–water partition coefficient (Wildman–Crippen LogP) is 22.6. The van der Waals surface area contributed by atoms with E-state index in [-0.39, 0.29) is 38.6 Å². The van der Waals surface area contributed by atoms with E-state index < -0.39 is 0 Å². The maximum atomic E-state index is 12.3. The van der Waals surface area contributed by atoms with Gasteiger partial charge in [-0.1, -0.05) is 265 Å². The van der Waals surface area contributed by atoms with Crippen molar-refractivity contribution < 1.29 is 37.2 Å². The van der Waals surface area contributed by atoms with Crippen molar-refractivity contribution in [3.8, 4) is 0 Å². The first-order valence-electron chi connectivity index (χ1n) is 51.2. The number of hydrogen-bond donors (Lipinski definition) is 0. The van der Waals surface area contributed by atoms with Crippen LogP contribution in [-0.2, 0) is 47.8 Å². The van der Waals surface area contributed by atoms with Gasteiger partial charge in [0.25, 0.3) is 17.5 Å². The Labute approximate surface area is 824 Å². The number of ether oxygens (including phenoxy) is 1. The molecule has 0 fully saturated rings. The summed E-state index contributed by atoms with van der Waals surface area (Å²) in [6, 6.07) is 80.9. The van der Waals surface area contributed by atoms with Crippen LogP contribution in [0.4, 0.5) is 34.1 Å². The molecular weight excluding hydrogens is 1700 g/mol. The lowest BCUT2D eigenvalue weighted by atomic mass is 9.76. The number of nitrogens with zero attached hydrogens (tertiary/aromatic N) is 13. The topological polar surface area (TPSA) is 84.3 Å². The molecule has 17 heteroatoms. The van der Waals surface area contributed by atoms with E-state index in [1.165, 1.54) is 123 Å². The van der Waals surface area contributed by atoms with Crippen LogP contribution in [0.1, 0.15) is 201 Å². The Morgan fingerprint density at radius 1 is 0.401 bits per heavy atom. The van der Waals surface area contributed by atoms with E-state index in [0.717, 1.165) is 148 Å². The molecule has 0 aromatic heterocycles. The van der Waals surface area contributed by atoms with Gasteiger partial charge in [-0.25, -0.2) is 9.48 Å². The second-order valence-electron chi connectivity index (χ2n) is 40.2. The van der Waals surface area contributed by atoms with Crippen LogP contribution in [0.15, 0.2) is 283 Å². The van der Waals surface area contributed by atoms with Gasteiger partial charge in [0.1, 0.15) is 58.0 Å². The molecule has 10 aliphatic heterocycles. The molecule has 0 bridgehead atoms. The minimum atomic E-state index is -0.150. The number of amidine groups is 3. The zero-order valence-corrected chi connectivity index (χ0v) is 87.1. The first-order valence-corrected chi connectivity index (χ1v) is 52.1. The van der Waals surface area contributed by atoms with Gasteiger partial charge in [-0.3, -0.25) is 33.1 Å². The Hall–Kier alpha value is -11.8. The summed E-state index contributed by atoms with van der Waals surface area (Å²) >= 11 is 2.02. The number of benzene rings is 9. The van der Waals surface area contributed by atoms with Gasteiger partial charge >= 0.3 is 5.90 Å². The van der Waals surface area contributed by atoms with Gasteiger partial charge in [0, 0.05) is 141 Å². The van der Waals surface area contributed by atoms with E-state index in [2.05, 4.69) is 443 Å². The molecule has 2 atom stereocenters. The number of thioether (sulfide) groups is 1. The van der Waals surface area contributed by atoms with E-state index in [1.54, 1.807) is 0 Å². The molecule has 718 valence electrons. The minimum absolute atomic E-state index is 0.00310. The Kier molecular flexibility index (Phi) is 31.3. The molecule has 0 radical (unpaired) electrons. The number of anilines is 6. The highest BCUT2D eigenvalue weighted by Gasteiger charge is 2.50. The fourth-order valence-corrected chi connectivity index (χ4v) is 23.8. The number of Topliss-reactive ketones (excluding diaryl/α,β-unsaturated/α-hetero) is 2. The largest absolute Gasteiger partial charge is 0.438 e. The number of rotatable bonds is 25. The molecule has 0 spiro atoms. The third-order valence-electron chi connectivity index (χ3n) is 30.3. The minimum Gasteiger partial charge on any atom is -0.438 e. The SMILES string of the molecule is CCC(=O)CN1C(=CC2=[N+](C)CCN2CC)C(C)(C)c2ccccc21.CCC(=O)CN1C(=CC2=[N+](CC)CCO2)C(C)(C)c2ccccc21.CCCN1C(=CC2=[N+](C)CCN2CC)C(C)(C)c2c1ccc1ccccc21.CCCN1C(=CC2=[N+](CC)CCN2c2ccccc2)C(C)(C)c2ccccc21.CCN1C(=CC2=[N+](CC)CC(c3ccccc3)S2)C(C)(Cc2ccccc2)c2ccccc21. The van der Waals surface area contributed by atoms with E-state index >= 15 is 0 Å². The summed E-state index contributed by atoms with van der Waals surface area (Å²) in [6.45, 7) is 60.9. The number of carbonyl (C=O) groups is 2. The average Bonchev–Trinajstić information content (AvgIpc) is 1.55. The summed E-state index contributed by atoms with van der Waals surface area (Å²) in [5.74, 6) is 5.38. The Morgan fingerprint density at radius 3 is 1.36 bits per heavy atom. The molecule has 0 N–H and O–H groups in total. The number of carbonyl (C=O) groups excluding carboxylic acids is 2. The number of likely N-dealkylation sites (N-methyl/N-ethyl adjacent to an activating group) is 8. The van der Waals surface area contributed by atoms with E-state index in [4.69, 9.17) is 4.74 Å². The molecule has 10 aliphatic rings. The van der Waals surface area contributed by atoms with Gasteiger partial charge < -0.3 is 29.2 Å². The van der Waals surface area contributed by atoms with Gasteiger partial charge in [-0.15, -0.1) is 0 Å². The van der Waals surface area contributed by atoms with Crippen LogP contribution in [0, 0.1) is 0 Å². The monoisotopic (exact) mass is 1860 g/mol. The number of para-hydroxylation sites is 5. The smallest absolute Gasteiger partial charge is 0.364 e. The van der Waals surface area contributed by atoms with Crippen LogP contribution in [0.5, 0.6) is 0 Å². The number of fused-ring (bicyclic) bond motifs is 7.